The molecule has 4 N–H and O–H groups in total. The molecule has 2 atom stereocenters. The van der Waals surface area contributed by atoms with Crippen molar-refractivity contribution in [1.29, 1.82) is 0 Å². The second-order valence-corrected chi connectivity index (χ2v) is 9.35. The Morgan fingerprint density at radius 2 is 1.91 bits per heavy atom. The lowest BCUT2D eigenvalue weighted by atomic mass is 9.82. The minimum absolute atomic E-state index is 0.00922. The number of fused-ring (bicyclic) bond motifs is 1. The molecule has 172 valence electrons. The third-order valence-electron chi connectivity index (χ3n) is 5.26. The summed E-state index contributed by atoms with van der Waals surface area (Å²) in [6.45, 7) is 8.11. The SMILES string of the molecule is CC(C)(C)OC(=O)NC[C@](C)(O)c1cc2c(c(-c3ccc(F)cc3)n1)OC[C@]2(C)C(N)=O. The number of aliphatic hydroxyl groups is 1. The summed E-state index contributed by atoms with van der Waals surface area (Å²) in [5.74, 6) is -0.666. The van der Waals surface area contributed by atoms with Crippen molar-refractivity contribution in [3.8, 4) is 17.0 Å². The Hall–Kier alpha value is -3.20. The molecular weight excluding hydrogens is 417 g/mol. The van der Waals surface area contributed by atoms with E-state index in [0.717, 1.165) is 0 Å². The van der Waals surface area contributed by atoms with Crippen LogP contribution in [0.15, 0.2) is 30.3 Å². The molecule has 0 spiro atoms. The predicted octanol–water partition coefficient (Wildman–Crippen LogP) is 2.76. The molecule has 2 heterocycles. The first-order chi connectivity index (χ1) is 14.7. The Morgan fingerprint density at radius 1 is 1.28 bits per heavy atom. The zero-order valence-corrected chi connectivity index (χ0v) is 18.8. The summed E-state index contributed by atoms with van der Waals surface area (Å²) >= 11 is 0. The molecule has 8 nitrogen and oxygen atoms in total. The molecule has 2 amide bonds. The molecule has 0 fully saturated rings. The van der Waals surface area contributed by atoms with Crippen LogP contribution in [0.5, 0.6) is 5.75 Å². The normalized spacial score (nSPS) is 19.5. The van der Waals surface area contributed by atoms with Crippen LogP contribution in [0.3, 0.4) is 0 Å². The fourth-order valence-corrected chi connectivity index (χ4v) is 3.32. The molecule has 0 saturated heterocycles. The summed E-state index contributed by atoms with van der Waals surface area (Å²) in [5, 5.41) is 13.7. The Bertz CT molecular complexity index is 1050. The molecule has 0 saturated carbocycles. The minimum Gasteiger partial charge on any atom is -0.489 e. The van der Waals surface area contributed by atoms with E-state index in [0.29, 0.717) is 22.6 Å². The zero-order valence-electron chi connectivity index (χ0n) is 18.8. The molecule has 9 heteroatoms. The molecule has 1 aromatic heterocycles. The van der Waals surface area contributed by atoms with Gasteiger partial charge in [0, 0.05) is 11.1 Å². The van der Waals surface area contributed by atoms with E-state index in [1.807, 2.05) is 0 Å². The van der Waals surface area contributed by atoms with Crippen LogP contribution in [0.25, 0.3) is 11.3 Å². The average Bonchev–Trinajstić information content (AvgIpc) is 3.04. The number of primary amides is 1. The first kappa shape index (κ1) is 23.5. The highest BCUT2D eigenvalue weighted by molar-refractivity contribution is 5.90. The van der Waals surface area contributed by atoms with Crippen molar-refractivity contribution < 1.29 is 28.6 Å². The van der Waals surface area contributed by atoms with E-state index in [2.05, 4.69) is 10.3 Å². The third-order valence-corrected chi connectivity index (χ3v) is 5.26. The Labute approximate surface area is 185 Å². The van der Waals surface area contributed by atoms with Crippen molar-refractivity contribution >= 4 is 12.0 Å². The van der Waals surface area contributed by atoms with Crippen LogP contribution in [0.1, 0.15) is 45.9 Å². The Morgan fingerprint density at radius 3 is 2.47 bits per heavy atom. The van der Waals surface area contributed by atoms with Crippen molar-refractivity contribution in [3.63, 3.8) is 0 Å². The summed E-state index contributed by atoms with van der Waals surface area (Å²) in [7, 11) is 0. The van der Waals surface area contributed by atoms with Gasteiger partial charge in [0.15, 0.2) is 0 Å². The number of carbonyl (C=O) groups excluding carboxylic acids is 2. The monoisotopic (exact) mass is 445 g/mol. The number of benzene rings is 1. The van der Waals surface area contributed by atoms with Crippen molar-refractivity contribution in [2.24, 2.45) is 5.73 Å². The summed E-state index contributed by atoms with van der Waals surface area (Å²) in [6.07, 6.45) is -0.692. The number of nitrogens with zero attached hydrogens (tertiary/aromatic N) is 1. The topological polar surface area (TPSA) is 124 Å². The molecule has 0 radical (unpaired) electrons. The van der Waals surface area contributed by atoms with Gasteiger partial charge in [-0.25, -0.2) is 14.2 Å². The van der Waals surface area contributed by atoms with Gasteiger partial charge in [-0.05, 0) is 65.0 Å². The largest absolute Gasteiger partial charge is 0.489 e. The molecule has 0 unspecified atom stereocenters. The molecule has 0 aliphatic carbocycles. The maximum atomic E-state index is 13.5. The van der Waals surface area contributed by atoms with E-state index in [4.69, 9.17) is 15.2 Å². The van der Waals surface area contributed by atoms with Crippen LogP contribution >= 0.6 is 0 Å². The molecule has 0 bridgehead atoms. The van der Waals surface area contributed by atoms with Crippen LogP contribution in [0.2, 0.25) is 0 Å². The van der Waals surface area contributed by atoms with Crippen LogP contribution in [0, 0.1) is 5.82 Å². The second kappa shape index (κ2) is 8.05. The van der Waals surface area contributed by atoms with E-state index < -0.39 is 34.4 Å². The van der Waals surface area contributed by atoms with Crippen LogP contribution in [-0.4, -0.2) is 40.8 Å². The van der Waals surface area contributed by atoms with Gasteiger partial charge in [0.1, 0.15) is 40.5 Å². The van der Waals surface area contributed by atoms with Gasteiger partial charge in [0.2, 0.25) is 5.91 Å². The minimum atomic E-state index is -1.62. The third kappa shape index (κ3) is 4.67. The lowest BCUT2D eigenvalue weighted by Gasteiger charge is -2.27. The number of pyridine rings is 1. The van der Waals surface area contributed by atoms with Gasteiger partial charge in [-0.15, -0.1) is 0 Å². The lowest BCUT2D eigenvalue weighted by Crippen LogP contribution is -2.42. The standard InChI is InChI=1S/C23H28FN3O5/c1-21(2,3)32-20(29)26-11-23(5,30)16-10-15-18(31-12-22(15,4)19(25)28)17(27-16)13-6-8-14(24)9-7-13/h6-10,30H,11-12H2,1-5H3,(H2,25,28)(H,26,29)/t22-,23-/m0/s1. The lowest BCUT2D eigenvalue weighted by molar-refractivity contribution is -0.123. The second-order valence-electron chi connectivity index (χ2n) is 9.35. The maximum Gasteiger partial charge on any atom is 0.407 e. The van der Waals surface area contributed by atoms with Gasteiger partial charge < -0.3 is 25.6 Å². The molecule has 1 aliphatic heterocycles. The Balaban J connectivity index is 2.04. The quantitative estimate of drug-likeness (QED) is 0.650. The molecule has 1 aromatic carbocycles. The van der Waals surface area contributed by atoms with Crippen molar-refractivity contribution in [1.82, 2.24) is 10.3 Å². The van der Waals surface area contributed by atoms with Gasteiger partial charge in [0.05, 0.1) is 12.2 Å². The summed E-state index contributed by atoms with van der Waals surface area (Å²) in [4.78, 5) is 28.8. The number of rotatable bonds is 5. The Kier molecular flexibility index (Phi) is 5.90. The number of carbonyl (C=O) groups is 2. The number of halogens is 1. The molecule has 2 aromatic rings. The van der Waals surface area contributed by atoms with Crippen LogP contribution in [0.4, 0.5) is 9.18 Å². The highest BCUT2D eigenvalue weighted by atomic mass is 19.1. The van der Waals surface area contributed by atoms with Crippen molar-refractivity contribution in [3.05, 3.63) is 47.4 Å². The molecule has 1 aliphatic rings. The first-order valence-electron chi connectivity index (χ1n) is 10.2. The van der Waals surface area contributed by atoms with Gasteiger partial charge in [-0.3, -0.25) is 4.79 Å². The number of nitrogens with two attached hydrogens (primary N) is 1. The summed E-state index contributed by atoms with van der Waals surface area (Å²) in [5.41, 5.74) is 3.70. The number of hydrogen-bond acceptors (Lipinski definition) is 6. The van der Waals surface area contributed by atoms with Crippen molar-refractivity contribution in [2.45, 2.75) is 51.2 Å². The van der Waals surface area contributed by atoms with Crippen LogP contribution < -0.4 is 15.8 Å². The van der Waals surface area contributed by atoms with Crippen LogP contribution in [-0.2, 0) is 20.5 Å². The smallest absolute Gasteiger partial charge is 0.407 e. The molecule has 3 rings (SSSR count). The number of hydrogen-bond donors (Lipinski definition) is 3. The number of aromatic nitrogens is 1. The first-order valence-corrected chi connectivity index (χ1v) is 10.2. The van der Waals surface area contributed by atoms with E-state index in [1.54, 1.807) is 33.8 Å². The fraction of sp³-hybridized carbons (Fsp3) is 0.435. The highest BCUT2D eigenvalue weighted by Gasteiger charge is 2.45. The predicted molar refractivity (Wildman–Crippen MR) is 115 cm³/mol. The maximum absolute atomic E-state index is 13.5. The highest BCUT2D eigenvalue weighted by Crippen LogP contribution is 2.45. The number of ether oxygens (including phenoxy) is 2. The summed E-state index contributed by atoms with van der Waals surface area (Å²) in [6, 6.07) is 7.16. The molecule has 32 heavy (non-hydrogen) atoms. The van der Waals surface area contributed by atoms with E-state index in [9.17, 15) is 19.1 Å². The van der Waals surface area contributed by atoms with Crippen molar-refractivity contribution in [2.75, 3.05) is 13.2 Å². The number of nitrogens with one attached hydrogen (secondary N) is 1. The zero-order chi connectivity index (χ0) is 23.9. The van der Waals surface area contributed by atoms with Gasteiger partial charge in [-0.1, -0.05) is 0 Å². The van der Waals surface area contributed by atoms with Gasteiger partial charge in [0.25, 0.3) is 0 Å². The summed E-state index contributed by atoms with van der Waals surface area (Å²) < 4.78 is 24.5. The average molecular weight is 445 g/mol. The fourth-order valence-electron chi connectivity index (χ4n) is 3.32. The van der Waals surface area contributed by atoms with Gasteiger partial charge in [-0.2, -0.15) is 0 Å². The van der Waals surface area contributed by atoms with E-state index >= 15 is 0 Å². The number of amides is 2. The van der Waals surface area contributed by atoms with Gasteiger partial charge >= 0.3 is 6.09 Å². The van der Waals surface area contributed by atoms with E-state index in [-0.39, 0.29) is 18.8 Å². The molecular formula is C23H28FN3O5. The number of alkyl carbamates (subject to hydrolysis) is 1. The van der Waals surface area contributed by atoms with E-state index in [1.165, 1.54) is 31.2 Å².